The Kier molecular flexibility index (Phi) is 4.26. The van der Waals surface area contributed by atoms with Crippen molar-refractivity contribution in [2.24, 2.45) is 0 Å². The lowest BCUT2D eigenvalue weighted by atomic mass is 10.2. The van der Waals surface area contributed by atoms with Gasteiger partial charge < -0.3 is 9.26 Å². The minimum atomic E-state index is -0.399. The van der Waals surface area contributed by atoms with E-state index in [1.54, 1.807) is 48.5 Å². The van der Waals surface area contributed by atoms with Crippen molar-refractivity contribution in [1.82, 2.24) is 10.1 Å². The number of hydrogen-bond acceptors (Lipinski definition) is 5. The van der Waals surface area contributed by atoms with Gasteiger partial charge in [0.15, 0.2) is 0 Å². The third-order valence-corrected chi connectivity index (χ3v) is 3.78. The van der Waals surface area contributed by atoms with E-state index in [9.17, 15) is 4.79 Å². The van der Waals surface area contributed by atoms with E-state index in [4.69, 9.17) is 9.26 Å². The molecule has 0 N–H and O–H groups in total. The number of esters is 1. The van der Waals surface area contributed by atoms with Crippen LogP contribution in [-0.4, -0.2) is 16.1 Å². The second-order valence-electron chi connectivity index (χ2n) is 5.57. The van der Waals surface area contributed by atoms with Gasteiger partial charge in [-0.2, -0.15) is 4.98 Å². The van der Waals surface area contributed by atoms with E-state index in [-0.39, 0.29) is 0 Å². The third-order valence-electron chi connectivity index (χ3n) is 3.78. The van der Waals surface area contributed by atoms with Gasteiger partial charge >= 0.3 is 5.97 Å². The smallest absolute Gasteiger partial charge is 0.343 e. The van der Waals surface area contributed by atoms with Gasteiger partial charge in [0.25, 0.3) is 5.89 Å². The number of benzene rings is 3. The number of rotatable bonds is 4. The van der Waals surface area contributed by atoms with Crippen LogP contribution in [0.2, 0.25) is 0 Å². The van der Waals surface area contributed by atoms with Gasteiger partial charge in [0, 0.05) is 11.1 Å². The van der Waals surface area contributed by atoms with Crippen molar-refractivity contribution in [2.75, 3.05) is 0 Å². The second-order valence-corrected chi connectivity index (χ2v) is 5.57. The molecule has 0 aliphatic heterocycles. The van der Waals surface area contributed by atoms with E-state index >= 15 is 0 Å². The number of carbonyl (C=O) groups excluding carboxylic acids is 1. The van der Waals surface area contributed by atoms with Crippen molar-refractivity contribution in [3.8, 4) is 28.6 Å². The van der Waals surface area contributed by atoms with Crippen LogP contribution in [0.15, 0.2) is 89.5 Å². The van der Waals surface area contributed by atoms with E-state index in [0.717, 1.165) is 11.1 Å². The van der Waals surface area contributed by atoms with Crippen molar-refractivity contribution in [1.29, 1.82) is 0 Å². The summed E-state index contributed by atoms with van der Waals surface area (Å²) in [6, 6.07) is 25.4. The molecule has 0 amide bonds. The minimum Gasteiger partial charge on any atom is -0.423 e. The molecular formula is C21H14N2O3. The lowest BCUT2D eigenvalue weighted by Gasteiger charge is -2.04. The Hall–Kier alpha value is -3.73. The van der Waals surface area contributed by atoms with Crippen molar-refractivity contribution in [3.63, 3.8) is 0 Å². The summed E-state index contributed by atoms with van der Waals surface area (Å²) in [6.07, 6.45) is 0. The normalized spacial score (nSPS) is 10.5. The molecule has 0 unspecified atom stereocenters. The highest BCUT2D eigenvalue weighted by molar-refractivity contribution is 5.91. The molecule has 0 fully saturated rings. The van der Waals surface area contributed by atoms with E-state index in [0.29, 0.717) is 23.0 Å². The van der Waals surface area contributed by atoms with Gasteiger partial charge in [0.1, 0.15) is 5.75 Å². The van der Waals surface area contributed by atoms with Crippen LogP contribution in [0.4, 0.5) is 0 Å². The van der Waals surface area contributed by atoms with E-state index in [1.807, 2.05) is 36.4 Å². The molecule has 4 aromatic rings. The summed E-state index contributed by atoms with van der Waals surface area (Å²) in [5, 5.41) is 4.01. The monoisotopic (exact) mass is 342 g/mol. The maximum absolute atomic E-state index is 12.1. The first-order valence-electron chi connectivity index (χ1n) is 8.06. The molecule has 0 aliphatic carbocycles. The standard InChI is InChI=1S/C21H14N2O3/c24-21(17-9-5-2-6-10-17)25-18-13-11-15(12-14-18)19-22-20(26-23-19)16-7-3-1-4-8-16/h1-14H. The average Bonchev–Trinajstić information content (AvgIpc) is 3.20. The van der Waals surface area contributed by atoms with Gasteiger partial charge in [-0.25, -0.2) is 4.79 Å². The summed E-state index contributed by atoms with van der Waals surface area (Å²) in [5.74, 6) is 0.989. The van der Waals surface area contributed by atoms with Crippen LogP contribution in [0.3, 0.4) is 0 Å². The molecule has 0 bridgehead atoms. The number of carbonyl (C=O) groups is 1. The van der Waals surface area contributed by atoms with Gasteiger partial charge in [0.2, 0.25) is 5.82 Å². The first-order chi connectivity index (χ1) is 12.8. The molecule has 0 saturated carbocycles. The highest BCUT2D eigenvalue weighted by atomic mass is 16.5. The Morgan fingerprint density at radius 1 is 0.769 bits per heavy atom. The van der Waals surface area contributed by atoms with Crippen molar-refractivity contribution in [2.45, 2.75) is 0 Å². The topological polar surface area (TPSA) is 65.2 Å². The molecular weight excluding hydrogens is 328 g/mol. The number of hydrogen-bond donors (Lipinski definition) is 0. The highest BCUT2D eigenvalue weighted by Gasteiger charge is 2.11. The molecule has 26 heavy (non-hydrogen) atoms. The predicted molar refractivity (Wildman–Crippen MR) is 96.6 cm³/mol. The van der Waals surface area contributed by atoms with Gasteiger partial charge in [-0.15, -0.1) is 0 Å². The first kappa shape index (κ1) is 15.8. The van der Waals surface area contributed by atoms with Gasteiger partial charge in [-0.05, 0) is 48.5 Å². The lowest BCUT2D eigenvalue weighted by Crippen LogP contribution is -2.07. The Morgan fingerprint density at radius 3 is 2.12 bits per heavy atom. The summed E-state index contributed by atoms with van der Waals surface area (Å²) in [5.41, 5.74) is 2.14. The molecule has 0 aliphatic rings. The SMILES string of the molecule is O=C(Oc1ccc(-c2noc(-c3ccccc3)n2)cc1)c1ccccc1. The van der Waals surface area contributed by atoms with Crippen LogP contribution in [0, 0.1) is 0 Å². The zero-order chi connectivity index (χ0) is 17.8. The van der Waals surface area contributed by atoms with Crippen molar-refractivity contribution >= 4 is 5.97 Å². The van der Waals surface area contributed by atoms with Crippen molar-refractivity contribution in [3.05, 3.63) is 90.5 Å². The zero-order valence-corrected chi connectivity index (χ0v) is 13.7. The largest absolute Gasteiger partial charge is 0.423 e. The van der Waals surface area contributed by atoms with E-state index < -0.39 is 5.97 Å². The Bertz CT molecular complexity index is 1010. The maximum atomic E-state index is 12.1. The average molecular weight is 342 g/mol. The molecule has 0 atom stereocenters. The van der Waals surface area contributed by atoms with Crippen LogP contribution < -0.4 is 4.74 Å². The summed E-state index contributed by atoms with van der Waals surface area (Å²) in [7, 11) is 0. The molecule has 0 saturated heterocycles. The van der Waals surface area contributed by atoms with Crippen molar-refractivity contribution < 1.29 is 14.1 Å². The van der Waals surface area contributed by atoms with E-state index in [2.05, 4.69) is 10.1 Å². The third kappa shape index (κ3) is 3.37. The Morgan fingerprint density at radius 2 is 1.42 bits per heavy atom. The zero-order valence-electron chi connectivity index (χ0n) is 13.7. The molecule has 3 aromatic carbocycles. The minimum absolute atomic E-state index is 0.399. The van der Waals surface area contributed by atoms with Gasteiger partial charge in [-0.1, -0.05) is 41.6 Å². The highest BCUT2D eigenvalue weighted by Crippen LogP contribution is 2.24. The Labute approximate surface area is 149 Å². The van der Waals surface area contributed by atoms with Crippen LogP contribution in [0.1, 0.15) is 10.4 Å². The predicted octanol–water partition coefficient (Wildman–Crippen LogP) is 4.62. The molecule has 126 valence electrons. The number of ether oxygens (including phenoxy) is 1. The summed E-state index contributed by atoms with van der Waals surface area (Å²) < 4.78 is 10.7. The first-order valence-corrected chi connectivity index (χ1v) is 8.06. The molecule has 1 aromatic heterocycles. The quantitative estimate of drug-likeness (QED) is 0.400. The van der Waals surface area contributed by atoms with Crippen LogP contribution in [0.5, 0.6) is 5.75 Å². The maximum Gasteiger partial charge on any atom is 0.343 e. The van der Waals surface area contributed by atoms with Gasteiger partial charge in [-0.3, -0.25) is 0 Å². The van der Waals surface area contributed by atoms with Crippen LogP contribution in [0.25, 0.3) is 22.8 Å². The fraction of sp³-hybridized carbons (Fsp3) is 0. The van der Waals surface area contributed by atoms with Crippen LogP contribution in [-0.2, 0) is 0 Å². The molecule has 5 nitrogen and oxygen atoms in total. The molecule has 4 rings (SSSR count). The summed E-state index contributed by atoms with van der Waals surface area (Å²) >= 11 is 0. The summed E-state index contributed by atoms with van der Waals surface area (Å²) in [4.78, 5) is 16.5. The molecule has 5 heteroatoms. The number of nitrogens with zero attached hydrogens (tertiary/aromatic N) is 2. The summed E-state index contributed by atoms with van der Waals surface area (Å²) in [6.45, 7) is 0. The van der Waals surface area contributed by atoms with Crippen LogP contribution >= 0.6 is 0 Å². The Balaban J connectivity index is 1.50. The lowest BCUT2D eigenvalue weighted by molar-refractivity contribution is 0.0735. The van der Waals surface area contributed by atoms with Gasteiger partial charge in [0.05, 0.1) is 5.56 Å². The molecule has 0 spiro atoms. The fourth-order valence-corrected chi connectivity index (χ4v) is 2.45. The fourth-order valence-electron chi connectivity index (χ4n) is 2.45. The van der Waals surface area contributed by atoms with E-state index in [1.165, 1.54) is 0 Å². The molecule has 1 heterocycles. The molecule has 0 radical (unpaired) electrons. The second kappa shape index (κ2) is 7.03. The number of aromatic nitrogens is 2.